The minimum atomic E-state index is -0.888. The van der Waals surface area contributed by atoms with Gasteiger partial charge in [-0.3, -0.25) is 14.9 Å². The molecule has 2 aromatic carbocycles. The van der Waals surface area contributed by atoms with Gasteiger partial charge < -0.3 is 14.9 Å². The number of hydrogen-bond donors (Lipinski definition) is 3. The van der Waals surface area contributed by atoms with Crippen molar-refractivity contribution in [1.29, 1.82) is 0 Å². The van der Waals surface area contributed by atoms with E-state index in [0.717, 1.165) is 4.90 Å². The third kappa shape index (κ3) is 4.02. The number of benzene rings is 2. The number of nitrogens with zero attached hydrogens (tertiary/aromatic N) is 1. The molecule has 0 unspecified atom stereocenters. The molecule has 1 aliphatic heterocycles. The van der Waals surface area contributed by atoms with E-state index in [-0.39, 0.29) is 28.5 Å². The minimum absolute atomic E-state index is 0.0299. The molecule has 3 rings (SSSR count). The Morgan fingerprint density at radius 3 is 2.47 bits per heavy atom. The third-order valence-corrected chi connectivity index (χ3v) is 4.36. The van der Waals surface area contributed by atoms with Crippen LogP contribution in [0.2, 0.25) is 0 Å². The number of imide groups is 2. The minimum Gasteiger partial charge on any atom is -0.508 e. The smallest absolute Gasteiger partial charge is 0.335 e. The number of hydrogen-bond acceptors (Lipinski definition) is 6. The summed E-state index contributed by atoms with van der Waals surface area (Å²) in [5.74, 6) is -1.52. The second kappa shape index (κ2) is 8.52. The van der Waals surface area contributed by atoms with E-state index in [1.165, 1.54) is 36.4 Å². The SMILES string of the molecule is C=CCc1cc(/C=C2\C(=O)NC(=O)N(c3ccc(O)cc3)C2=O)cc(OCC)c1O. The molecule has 30 heavy (non-hydrogen) atoms. The number of rotatable bonds is 6. The van der Waals surface area contributed by atoms with Crippen molar-refractivity contribution in [1.82, 2.24) is 5.32 Å². The van der Waals surface area contributed by atoms with Gasteiger partial charge in [0.15, 0.2) is 11.5 Å². The molecule has 154 valence electrons. The van der Waals surface area contributed by atoms with Crippen molar-refractivity contribution in [2.24, 2.45) is 0 Å². The van der Waals surface area contributed by atoms with Gasteiger partial charge in [-0.1, -0.05) is 6.08 Å². The first kappa shape index (κ1) is 20.7. The van der Waals surface area contributed by atoms with Gasteiger partial charge in [0.05, 0.1) is 12.3 Å². The first-order valence-electron chi connectivity index (χ1n) is 9.15. The van der Waals surface area contributed by atoms with E-state index < -0.39 is 17.8 Å². The molecule has 0 atom stereocenters. The molecule has 1 heterocycles. The number of nitrogens with one attached hydrogen (secondary N) is 1. The van der Waals surface area contributed by atoms with Crippen molar-refractivity contribution in [2.75, 3.05) is 11.5 Å². The maximum atomic E-state index is 12.9. The maximum Gasteiger partial charge on any atom is 0.335 e. The van der Waals surface area contributed by atoms with Crippen molar-refractivity contribution >= 4 is 29.6 Å². The first-order chi connectivity index (χ1) is 14.3. The zero-order chi connectivity index (χ0) is 21.8. The summed E-state index contributed by atoms with van der Waals surface area (Å²) in [6.07, 6.45) is 3.28. The fourth-order valence-corrected chi connectivity index (χ4v) is 3.01. The molecule has 1 aliphatic rings. The first-order valence-corrected chi connectivity index (χ1v) is 9.15. The molecule has 0 radical (unpaired) electrons. The Labute approximate surface area is 172 Å². The summed E-state index contributed by atoms with van der Waals surface area (Å²) in [7, 11) is 0. The van der Waals surface area contributed by atoms with E-state index in [1.807, 2.05) is 0 Å². The lowest BCUT2D eigenvalue weighted by molar-refractivity contribution is -0.122. The zero-order valence-electron chi connectivity index (χ0n) is 16.2. The Hall–Kier alpha value is -4.07. The zero-order valence-corrected chi connectivity index (χ0v) is 16.2. The van der Waals surface area contributed by atoms with Crippen LogP contribution in [0, 0.1) is 0 Å². The number of anilines is 1. The van der Waals surface area contributed by atoms with Crippen LogP contribution < -0.4 is 15.0 Å². The third-order valence-electron chi connectivity index (χ3n) is 4.36. The largest absolute Gasteiger partial charge is 0.508 e. The van der Waals surface area contributed by atoms with Crippen LogP contribution in [-0.4, -0.2) is 34.7 Å². The normalized spacial score (nSPS) is 15.3. The number of carbonyl (C=O) groups is 3. The van der Waals surface area contributed by atoms with E-state index in [9.17, 15) is 24.6 Å². The number of phenolic OH excluding ortho intramolecular Hbond substituents is 2. The number of urea groups is 1. The summed E-state index contributed by atoms with van der Waals surface area (Å²) in [5.41, 5.74) is 0.881. The number of barbiturate groups is 1. The van der Waals surface area contributed by atoms with Gasteiger partial charge in [0.25, 0.3) is 11.8 Å². The summed E-state index contributed by atoms with van der Waals surface area (Å²) < 4.78 is 5.44. The van der Waals surface area contributed by atoms with Crippen molar-refractivity contribution in [3.05, 3.63) is 65.8 Å². The Kier molecular flexibility index (Phi) is 5.87. The molecule has 4 amide bonds. The van der Waals surface area contributed by atoms with E-state index >= 15 is 0 Å². The van der Waals surface area contributed by atoms with Gasteiger partial charge in [-0.25, -0.2) is 9.69 Å². The average molecular weight is 408 g/mol. The van der Waals surface area contributed by atoms with Crippen LogP contribution in [-0.2, 0) is 16.0 Å². The molecule has 0 aromatic heterocycles. The number of phenols is 2. The predicted octanol–water partition coefficient (Wildman–Crippen LogP) is 2.89. The quantitative estimate of drug-likeness (QED) is 0.385. The predicted molar refractivity (Wildman–Crippen MR) is 110 cm³/mol. The van der Waals surface area contributed by atoms with Crippen LogP contribution in [0.3, 0.4) is 0 Å². The van der Waals surface area contributed by atoms with E-state index in [0.29, 0.717) is 24.2 Å². The summed E-state index contributed by atoms with van der Waals surface area (Å²) in [6.45, 7) is 5.72. The average Bonchev–Trinajstić information content (AvgIpc) is 2.70. The van der Waals surface area contributed by atoms with E-state index in [2.05, 4.69) is 11.9 Å². The molecule has 3 N–H and O–H groups in total. The lowest BCUT2D eigenvalue weighted by Gasteiger charge is -2.26. The number of carbonyl (C=O) groups excluding carboxylic acids is 3. The Balaban J connectivity index is 2.05. The van der Waals surface area contributed by atoms with Gasteiger partial charge in [-0.05, 0) is 61.4 Å². The highest BCUT2D eigenvalue weighted by Crippen LogP contribution is 2.33. The molecule has 0 spiro atoms. The van der Waals surface area contributed by atoms with Crippen LogP contribution >= 0.6 is 0 Å². The lowest BCUT2D eigenvalue weighted by atomic mass is 10.0. The number of amides is 4. The monoisotopic (exact) mass is 408 g/mol. The number of allylic oxidation sites excluding steroid dienone is 1. The molecule has 1 fully saturated rings. The summed E-state index contributed by atoms with van der Waals surface area (Å²) >= 11 is 0. The van der Waals surface area contributed by atoms with Crippen molar-refractivity contribution in [3.8, 4) is 17.2 Å². The molecular formula is C22H20N2O6. The Bertz CT molecular complexity index is 1060. The van der Waals surface area contributed by atoms with E-state index in [4.69, 9.17) is 4.74 Å². The topological polar surface area (TPSA) is 116 Å². The van der Waals surface area contributed by atoms with Gasteiger partial charge in [0, 0.05) is 5.56 Å². The van der Waals surface area contributed by atoms with Gasteiger partial charge >= 0.3 is 6.03 Å². The summed E-state index contributed by atoms with van der Waals surface area (Å²) in [4.78, 5) is 38.3. The second-order valence-electron chi connectivity index (χ2n) is 6.43. The van der Waals surface area contributed by atoms with Gasteiger partial charge in [-0.2, -0.15) is 0 Å². The Morgan fingerprint density at radius 1 is 1.13 bits per heavy atom. The highest BCUT2D eigenvalue weighted by molar-refractivity contribution is 6.39. The molecule has 2 aromatic rings. The number of aromatic hydroxyl groups is 2. The fourth-order valence-electron chi connectivity index (χ4n) is 3.01. The fraction of sp³-hybridized carbons (Fsp3) is 0.136. The molecule has 0 bridgehead atoms. The van der Waals surface area contributed by atoms with Crippen LogP contribution in [0.1, 0.15) is 18.1 Å². The molecule has 1 saturated heterocycles. The van der Waals surface area contributed by atoms with Gasteiger partial charge in [-0.15, -0.1) is 6.58 Å². The lowest BCUT2D eigenvalue weighted by Crippen LogP contribution is -2.54. The van der Waals surface area contributed by atoms with Crippen molar-refractivity contribution in [2.45, 2.75) is 13.3 Å². The van der Waals surface area contributed by atoms with Crippen molar-refractivity contribution < 1.29 is 29.3 Å². The van der Waals surface area contributed by atoms with Crippen LogP contribution in [0.5, 0.6) is 17.2 Å². The van der Waals surface area contributed by atoms with Crippen LogP contribution in [0.25, 0.3) is 6.08 Å². The molecule has 0 saturated carbocycles. The van der Waals surface area contributed by atoms with Crippen molar-refractivity contribution in [3.63, 3.8) is 0 Å². The summed E-state index contributed by atoms with van der Waals surface area (Å²) in [6, 6.07) is 7.64. The molecule has 8 heteroatoms. The van der Waals surface area contributed by atoms with Crippen LogP contribution in [0.15, 0.2) is 54.6 Å². The molecule has 0 aliphatic carbocycles. The molecular weight excluding hydrogens is 388 g/mol. The standard InChI is InChI=1S/C22H20N2O6/c1-3-5-14-10-13(12-18(19(14)26)30-4-2)11-17-20(27)23-22(29)24(21(17)28)15-6-8-16(25)9-7-15/h3,6-12,25-26H,1,4-5H2,2H3,(H,23,27,29)/b17-11+. The van der Waals surface area contributed by atoms with Crippen LogP contribution in [0.4, 0.5) is 10.5 Å². The number of ether oxygens (including phenoxy) is 1. The van der Waals surface area contributed by atoms with E-state index in [1.54, 1.807) is 19.1 Å². The van der Waals surface area contributed by atoms with Gasteiger partial charge in [0.2, 0.25) is 0 Å². The molecule has 8 nitrogen and oxygen atoms in total. The highest BCUT2D eigenvalue weighted by Gasteiger charge is 2.36. The Morgan fingerprint density at radius 2 is 1.83 bits per heavy atom. The highest BCUT2D eigenvalue weighted by atomic mass is 16.5. The maximum absolute atomic E-state index is 12.9. The van der Waals surface area contributed by atoms with Gasteiger partial charge in [0.1, 0.15) is 11.3 Å². The summed E-state index contributed by atoms with van der Waals surface area (Å²) in [5, 5.41) is 21.9. The second-order valence-corrected chi connectivity index (χ2v) is 6.43.